The van der Waals surface area contributed by atoms with E-state index >= 15 is 0 Å². The first-order valence-corrected chi connectivity index (χ1v) is 8.89. The second-order valence-corrected chi connectivity index (χ2v) is 6.27. The number of nitrogens with zero attached hydrogens (tertiary/aromatic N) is 1. The second kappa shape index (κ2) is 8.92. The molecule has 0 fully saturated rings. The molecule has 2 aromatic carbocycles. The van der Waals surface area contributed by atoms with Crippen LogP contribution < -0.4 is 20.3 Å². The minimum absolute atomic E-state index is 0.0829. The molecule has 29 heavy (non-hydrogen) atoms. The molecule has 0 saturated heterocycles. The number of fused-ring (bicyclic) bond motifs is 1. The third-order valence-corrected chi connectivity index (χ3v) is 4.27. The molecule has 0 aliphatic carbocycles. The number of ether oxygens (including phenoxy) is 2. The predicted octanol–water partition coefficient (Wildman–Crippen LogP) is 2.54. The summed E-state index contributed by atoms with van der Waals surface area (Å²) in [5, 5.41) is 5.83. The highest BCUT2D eigenvalue weighted by atomic mass is 16.5. The number of carbonyl (C=O) groups is 3. The first-order chi connectivity index (χ1) is 14.0. The lowest BCUT2D eigenvalue weighted by molar-refractivity contribution is -0.139. The quantitative estimate of drug-likeness (QED) is 0.730. The number of hydrogen-bond donors (Lipinski definition) is 2. The minimum Gasteiger partial charge on any atom is -0.497 e. The third kappa shape index (κ3) is 4.92. The molecule has 2 amide bonds. The molecule has 0 radical (unpaired) electrons. The van der Waals surface area contributed by atoms with Crippen molar-refractivity contribution in [1.29, 1.82) is 0 Å². The van der Waals surface area contributed by atoms with Gasteiger partial charge in [0.2, 0.25) is 5.91 Å². The van der Waals surface area contributed by atoms with Crippen molar-refractivity contribution in [2.45, 2.75) is 6.42 Å². The van der Waals surface area contributed by atoms with Gasteiger partial charge < -0.3 is 20.1 Å². The first-order valence-electron chi connectivity index (χ1n) is 8.89. The van der Waals surface area contributed by atoms with Crippen LogP contribution in [0.3, 0.4) is 0 Å². The Bertz CT molecular complexity index is 970. The second-order valence-electron chi connectivity index (χ2n) is 6.27. The van der Waals surface area contributed by atoms with Gasteiger partial charge in [0.15, 0.2) is 0 Å². The summed E-state index contributed by atoms with van der Waals surface area (Å²) in [5.41, 5.74) is 2.10. The molecule has 8 heteroatoms. The minimum atomic E-state index is -0.474. The van der Waals surface area contributed by atoms with Gasteiger partial charge in [-0.3, -0.25) is 19.3 Å². The summed E-state index contributed by atoms with van der Waals surface area (Å²) in [7, 11) is 2.82. The molecular weight excluding hydrogens is 374 g/mol. The lowest BCUT2D eigenvalue weighted by Gasteiger charge is -2.21. The van der Waals surface area contributed by atoms with E-state index in [2.05, 4.69) is 15.4 Å². The number of hydrogen-bond acceptors (Lipinski definition) is 6. The topological polar surface area (TPSA) is 97.0 Å². The highest BCUT2D eigenvalue weighted by molar-refractivity contribution is 6.10. The number of methoxy groups -OCH3 is 2. The van der Waals surface area contributed by atoms with Crippen molar-refractivity contribution in [3.05, 3.63) is 60.3 Å². The molecule has 0 atom stereocenters. The van der Waals surface area contributed by atoms with Crippen molar-refractivity contribution in [1.82, 2.24) is 0 Å². The SMILES string of the molecule is COC(=O)CC1=CC(=O)N(CC(=O)Nc2cccc(OC)c2)c2ccccc2N1. The summed E-state index contributed by atoms with van der Waals surface area (Å²) < 4.78 is 9.82. The van der Waals surface area contributed by atoms with Crippen molar-refractivity contribution in [2.24, 2.45) is 0 Å². The summed E-state index contributed by atoms with van der Waals surface area (Å²) in [6, 6.07) is 14.0. The van der Waals surface area contributed by atoms with Crippen LogP contribution in [0.25, 0.3) is 0 Å². The Kier molecular flexibility index (Phi) is 6.13. The van der Waals surface area contributed by atoms with Gasteiger partial charge in [0.25, 0.3) is 5.91 Å². The van der Waals surface area contributed by atoms with Crippen molar-refractivity contribution in [3.63, 3.8) is 0 Å². The molecule has 1 aliphatic rings. The van der Waals surface area contributed by atoms with E-state index in [1.807, 2.05) is 0 Å². The summed E-state index contributed by atoms with van der Waals surface area (Å²) >= 11 is 0. The Morgan fingerprint density at radius 2 is 1.90 bits per heavy atom. The standard InChI is InChI=1S/C21H21N3O5/c1-28-16-7-5-6-14(10-16)23-19(25)13-24-18-9-4-3-8-17(18)22-15(11-20(24)26)12-21(27)29-2/h3-11,22H,12-13H2,1-2H3,(H,23,25). The van der Waals surface area contributed by atoms with Crippen LogP contribution in [0.1, 0.15) is 6.42 Å². The molecule has 2 N–H and O–H groups in total. The number of rotatable bonds is 6. The largest absolute Gasteiger partial charge is 0.497 e. The zero-order chi connectivity index (χ0) is 20.8. The summed E-state index contributed by atoms with van der Waals surface area (Å²) in [5.74, 6) is -0.648. The maximum absolute atomic E-state index is 12.8. The van der Waals surface area contributed by atoms with Gasteiger partial charge in [-0.15, -0.1) is 0 Å². The fourth-order valence-corrected chi connectivity index (χ4v) is 2.90. The average molecular weight is 395 g/mol. The van der Waals surface area contributed by atoms with Gasteiger partial charge in [-0.05, 0) is 24.3 Å². The predicted molar refractivity (Wildman–Crippen MR) is 109 cm³/mol. The normalized spacial score (nSPS) is 12.8. The molecule has 0 unspecified atom stereocenters. The zero-order valence-electron chi connectivity index (χ0n) is 16.1. The van der Waals surface area contributed by atoms with Crippen LogP contribution >= 0.6 is 0 Å². The van der Waals surface area contributed by atoms with Crippen LogP contribution in [0, 0.1) is 0 Å². The number of esters is 1. The van der Waals surface area contributed by atoms with Gasteiger partial charge >= 0.3 is 5.97 Å². The van der Waals surface area contributed by atoms with Crippen LogP contribution in [-0.2, 0) is 19.1 Å². The molecule has 8 nitrogen and oxygen atoms in total. The Morgan fingerprint density at radius 1 is 1.10 bits per heavy atom. The number of anilines is 3. The molecule has 1 heterocycles. The van der Waals surface area contributed by atoms with Crippen molar-refractivity contribution >= 4 is 34.8 Å². The molecule has 0 saturated carbocycles. The molecule has 0 spiro atoms. The average Bonchev–Trinajstić information content (AvgIpc) is 2.84. The Labute approximate surface area is 168 Å². The summed E-state index contributed by atoms with van der Waals surface area (Å²) in [6.45, 7) is -0.198. The van der Waals surface area contributed by atoms with E-state index in [1.54, 1.807) is 55.6 Å². The molecule has 1 aliphatic heterocycles. The van der Waals surface area contributed by atoms with Crippen molar-refractivity contribution in [3.8, 4) is 5.75 Å². The van der Waals surface area contributed by atoms with Crippen molar-refractivity contribution < 1.29 is 23.9 Å². The van der Waals surface area contributed by atoms with E-state index in [0.29, 0.717) is 28.5 Å². The molecule has 3 rings (SSSR count). The lowest BCUT2D eigenvalue weighted by Crippen LogP contribution is -2.37. The van der Waals surface area contributed by atoms with E-state index in [1.165, 1.54) is 18.1 Å². The van der Waals surface area contributed by atoms with E-state index in [4.69, 9.17) is 4.74 Å². The number of amides is 2. The molecule has 150 valence electrons. The smallest absolute Gasteiger partial charge is 0.311 e. The van der Waals surface area contributed by atoms with Gasteiger partial charge in [-0.25, -0.2) is 0 Å². The van der Waals surface area contributed by atoms with E-state index < -0.39 is 11.9 Å². The first kappa shape index (κ1) is 19.9. The Hall–Kier alpha value is -3.81. The molecular formula is C21H21N3O5. The highest BCUT2D eigenvalue weighted by Gasteiger charge is 2.25. The van der Waals surface area contributed by atoms with E-state index in [-0.39, 0.29) is 18.9 Å². The fraction of sp³-hybridized carbons (Fsp3) is 0.190. The van der Waals surface area contributed by atoms with Crippen LogP contribution in [0.4, 0.5) is 17.1 Å². The van der Waals surface area contributed by atoms with Crippen molar-refractivity contribution in [2.75, 3.05) is 36.3 Å². The van der Waals surface area contributed by atoms with Gasteiger partial charge in [0, 0.05) is 23.5 Å². The summed E-state index contributed by atoms with van der Waals surface area (Å²) in [4.78, 5) is 38.4. The number of para-hydroxylation sites is 2. The van der Waals surface area contributed by atoms with Gasteiger partial charge in [-0.2, -0.15) is 0 Å². The van der Waals surface area contributed by atoms with E-state index in [9.17, 15) is 14.4 Å². The fourth-order valence-electron chi connectivity index (χ4n) is 2.90. The van der Waals surface area contributed by atoms with Crippen LogP contribution in [0.15, 0.2) is 60.3 Å². The van der Waals surface area contributed by atoms with Gasteiger partial charge in [-0.1, -0.05) is 18.2 Å². The molecule has 0 aromatic heterocycles. The van der Waals surface area contributed by atoms with Crippen LogP contribution in [-0.4, -0.2) is 38.5 Å². The van der Waals surface area contributed by atoms with Gasteiger partial charge in [0.05, 0.1) is 32.0 Å². The highest BCUT2D eigenvalue weighted by Crippen LogP contribution is 2.30. The Balaban J connectivity index is 1.82. The molecule has 2 aromatic rings. The number of nitrogens with one attached hydrogen (secondary N) is 2. The maximum atomic E-state index is 12.8. The third-order valence-electron chi connectivity index (χ3n) is 4.27. The lowest BCUT2D eigenvalue weighted by atomic mass is 10.2. The molecule has 0 bridgehead atoms. The number of benzene rings is 2. The van der Waals surface area contributed by atoms with E-state index in [0.717, 1.165) is 0 Å². The number of carbonyl (C=O) groups excluding carboxylic acids is 3. The Morgan fingerprint density at radius 3 is 2.66 bits per heavy atom. The van der Waals surface area contributed by atoms with Crippen LogP contribution in [0.5, 0.6) is 5.75 Å². The summed E-state index contributed by atoms with van der Waals surface area (Å²) in [6.07, 6.45) is 1.22. The monoisotopic (exact) mass is 395 g/mol. The maximum Gasteiger partial charge on any atom is 0.311 e. The van der Waals surface area contributed by atoms with Crippen LogP contribution in [0.2, 0.25) is 0 Å². The van der Waals surface area contributed by atoms with Gasteiger partial charge in [0.1, 0.15) is 12.3 Å². The zero-order valence-corrected chi connectivity index (χ0v) is 16.1.